The van der Waals surface area contributed by atoms with Crippen molar-refractivity contribution in [1.29, 1.82) is 0 Å². The van der Waals surface area contributed by atoms with Gasteiger partial charge in [-0.3, -0.25) is 0 Å². The Morgan fingerprint density at radius 3 is 3.24 bits per heavy atom. The van der Waals surface area contributed by atoms with E-state index in [4.69, 9.17) is 5.11 Å². The Kier molecular flexibility index (Phi) is 2.39. The van der Waals surface area contributed by atoms with Crippen molar-refractivity contribution in [3.63, 3.8) is 0 Å². The maximum absolute atomic E-state index is 10.6. The van der Waals surface area contributed by atoms with E-state index < -0.39 is 5.97 Å². The molecule has 0 unspecified atom stereocenters. The Morgan fingerprint density at radius 1 is 1.53 bits per heavy atom. The van der Waals surface area contributed by atoms with Gasteiger partial charge >= 0.3 is 99.5 Å². The van der Waals surface area contributed by atoms with Crippen LogP contribution >= 0.6 is 0 Å². The first-order chi connectivity index (χ1) is 8.24. The SMILES string of the molecule is O=C(O)CCc1cbc2n1CN1CC=CC1=C2. The Morgan fingerprint density at radius 2 is 2.41 bits per heavy atom. The zero-order chi connectivity index (χ0) is 11.8. The summed E-state index contributed by atoms with van der Waals surface area (Å²) in [5.74, 6) is 1.29. The average Bonchev–Trinajstić information content (AvgIpc) is 2.88. The number of fused-ring (bicyclic) bond motifs is 2. The molecule has 17 heavy (non-hydrogen) atoms. The van der Waals surface area contributed by atoms with Crippen molar-refractivity contribution in [2.75, 3.05) is 6.54 Å². The number of hydrogen-bond donors (Lipinski definition) is 1. The Hall–Kier alpha value is -1.78. The van der Waals surface area contributed by atoms with Gasteiger partial charge in [0.05, 0.1) is 0 Å². The van der Waals surface area contributed by atoms with Crippen molar-refractivity contribution in [1.82, 2.24) is 9.47 Å². The van der Waals surface area contributed by atoms with E-state index in [0.29, 0.717) is 6.42 Å². The topological polar surface area (TPSA) is 45.5 Å². The monoisotopic (exact) mass is 228 g/mol. The van der Waals surface area contributed by atoms with E-state index in [1.165, 1.54) is 11.3 Å². The molecular formula is C12H13BN2O2. The molecule has 0 bridgehead atoms. The molecule has 86 valence electrons. The molecule has 5 heteroatoms. The molecule has 1 aromatic heterocycles. The molecule has 3 rings (SSSR count). The van der Waals surface area contributed by atoms with Gasteiger partial charge in [-0.05, 0) is 0 Å². The van der Waals surface area contributed by atoms with E-state index in [2.05, 4.69) is 34.6 Å². The number of carboxylic acid groups (broad SMARTS) is 1. The third-order valence-electron chi connectivity index (χ3n) is 3.29. The van der Waals surface area contributed by atoms with Gasteiger partial charge in [0.2, 0.25) is 0 Å². The first kappa shape index (κ1) is 10.4. The molecule has 0 fully saturated rings. The number of hydrogen-bond acceptors (Lipinski definition) is 2. The molecule has 1 aromatic rings. The van der Waals surface area contributed by atoms with Crippen LogP contribution in [0.15, 0.2) is 23.8 Å². The molecule has 1 N–H and O–H groups in total. The summed E-state index contributed by atoms with van der Waals surface area (Å²) in [4.78, 5) is 12.9. The van der Waals surface area contributed by atoms with Gasteiger partial charge in [-0.1, -0.05) is 0 Å². The molecule has 0 aliphatic carbocycles. The molecule has 2 aliphatic rings. The first-order valence-corrected chi connectivity index (χ1v) is 5.77. The summed E-state index contributed by atoms with van der Waals surface area (Å²) in [6.07, 6.45) is 7.22. The fourth-order valence-electron chi connectivity index (χ4n) is 2.39. The van der Waals surface area contributed by atoms with Crippen LogP contribution in [0.3, 0.4) is 0 Å². The van der Waals surface area contributed by atoms with Crippen molar-refractivity contribution >= 4 is 19.0 Å². The van der Waals surface area contributed by atoms with Crippen LogP contribution in [0, 0.1) is 0 Å². The van der Waals surface area contributed by atoms with Gasteiger partial charge in [-0.2, -0.15) is 0 Å². The molecule has 0 aromatic carbocycles. The molecule has 0 radical (unpaired) electrons. The van der Waals surface area contributed by atoms with E-state index in [0.717, 1.165) is 18.9 Å². The fraction of sp³-hybridized carbons (Fsp3) is 0.333. The van der Waals surface area contributed by atoms with Gasteiger partial charge in [0, 0.05) is 0 Å². The van der Waals surface area contributed by atoms with Gasteiger partial charge < -0.3 is 0 Å². The molecule has 2 aliphatic heterocycles. The maximum atomic E-state index is 10.6. The van der Waals surface area contributed by atoms with Crippen LogP contribution in [0.2, 0.25) is 0 Å². The summed E-state index contributed by atoms with van der Waals surface area (Å²) >= 11 is 0. The summed E-state index contributed by atoms with van der Waals surface area (Å²) < 4.78 is 2.19. The molecule has 0 atom stereocenters. The van der Waals surface area contributed by atoms with Gasteiger partial charge in [-0.15, -0.1) is 0 Å². The normalized spacial score (nSPS) is 16.5. The summed E-state index contributed by atoms with van der Waals surface area (Å²) in [5.41, 5.74) is 3.52. The fourth-order valence-corrected chi connectivity index (χ4v) is 2.39. The van der Waals surface area contributed by atoms with Gasteiger partial charge in [0.25, 0.3) is 0 Å². The quantitative estimate of drug-likeness (QED) is 0.840. The van der Waals surface area contributed by atoms with Gasteiger partial charge in [0.1, 0.15) is 0 Å². The third-order valence-corrected chi connectivity index (χ3v) is 3.29. The van der Waals surface area contributed by atoms with Gasteiger partial charge in [0.15, 0.2) is 0 Å². The second-order valence-corrected chi connectivity index (χ2v) is 4.41. The van der Waals surface area contributed by atoms with Crippen LogP contribution in [0.1, 0.15) is 17.7 Å². The van der Waals surface area contributed by atoms with Crippen molar-refractivity contribution in [3.8, 4) is 0 Å². The average molecular weight is 228 g/mol. The molecular weight excluding hydrogens is 215 g/mol. The van der Waals surface area contributed by atoms with Crippen LogP contribution in [-0.2, 0) is 17.9 Å². The number of aromatic nitrogens is 1. The molecule has 0 spiro atoms. The standard InChI is InChI=1S/C12H13BN2O2/c16-12(17)4-3-10-7-13-11-6-9-2-1-5-14(9)8-15(10)11/h1-2,6-7H,3-5,8H2,(H,16,17). The number of nitrogens with zero attached hydrogens (tertiary/aromatic N) is 2. The molecule has 0 amide bonds. The minimum absolute atomic E-state index is 0.193. The number of aryl methyl sites for hydroxylation is 1. The Balaban J connectivity index is 1.87. The third kappa shape index (κ3) is 1.81. The summed E-state index contributed by atoms with van der Waals surface area (Å²) in [6.45, 7) is 3.84. The molecule has 3 heterocycles. The number of aliphatic carboxylic acids is 1. The van der Waals surface area contributed by atoms with Crippen LogP contribution in [0.4, 0.5) is 0 Å². The molecule has 0 saturated carbocycles. The van der Waals surface area contributed by atoms with Crippen LogP contribution in [-0.4, -0.2) is 34.0 Å². The zero-order valence-electron chi connectivity index (χ0n) is 9.47. The molecule has 4 nitrogen and oxygen atoms in total. The number of allylic oxidation sites excluding steroid dienone is 1. The summed E-state index contributed by atoms with van der Waals surface area (Å²) in [6, 6.07) is 0. The van der Waals surface area contributed by atoms with E-state index in [-0.39, 0.29) is 6.42 Å². The summed E-state index contributed by atoms with van der Waals surface area (Å²) in [7, 11) is 0. The van der Waals surface area contributed by atoms with E-state index in [1.807, 2.05) is 5.96 Å². The summed E-state index contributed by atoms with van der Waals surface area (Å²) in [5, 5.41) is 8.72. The second-order valence-electron chi connectivity index (χ2n) is 4.41. The van der Waals surface area contributed by atoms with Crippen LogP contribution in [0.5, 0.6) is 0 Å². The first-order valence-electron chi connectivity index (χ1n) is 5.77. The number of carbonyl (C=O) groups is 1. The zero-order valence-corrected chi connectivity index (χ0v) is 9.47. The number of carboxylic acids is 1. The predicted molar refractivity (Wildman–Crippen MR) is 65.6 cm³/mol. The van der Waals surface area contributed by atoms with Crippen molar-refractivity contribution in [2.45, 2.75) is 19.5 Å². The van der Waals surface area contributed by atoms with E-state index in [1.54, 1.807) is 0 Å². The van der Waals surface area contributed by atoms with Crippen molar-refractivity contribution in [2.24, 2.45) is 0 Å². The van der Waals surface area contributed by atoms with Crippen LogP contribution < -0.4 is 0 Å². The van der Waals surface area contributed by atoms with E-state index >= 15 is 0 Å². The van der Waals surface area contributed by atoms with Crippen molar-refractivity contribution < 1.29 is 9.90 Å². The Labute approximate surface area is 100 Å². The minimum atomic E-state index is -0.740. The Bertz CT molecular complexity index is 531. The van der Waals surface area contributed by atoms with Crippen LogP contribution in [0.25, 0.3) is 6.08 Å². The predicted octanol–water partition coefficient (Wildman–Crippen LogP) is 1.03. The van der Waals surface area contributed by atoms with Crippen molar-refractivity contribution in [3.05, 3.63) is 35.1 Å². The molecule has 0 saturated heterocycles. The second kappa shape index (κ2) is 3.91. The van der Waals surface area contributed by atoms with E-state index in [9.17, 15) is 4.79 Å². The number of rotatable bonds is 3. The van der Waals surface area contributed by atoms with Gasteiger partial charge in [-0.25, -0.2) is 0 Å².